The molecule has 84 valence electrons. The fourth-order valence-electron chi connectivity index (χ4n) is 1.69. The zero-order chi connectivity index (χ0) is 11.7. The van der Waals surface area contributed by atoms with Gasteiger partial charge in [-0.05, 0) is 43.1 Å². The van der Waals surface area contributed by atoms with Crippen LogP contribution in [0.15, 0.2) is 24.3 Å². The van der Waals surface area contributed by atoms with Gasteiger partial charge in [0, 0.05) is 15.5 Å². The lowest BCUT2D eigenvalue weighted by atomic mass is 10.0. The largest absolute Gasteiger partial charge is 0.384 e. The number of hydrogen-bond acceptors (Lipinski definition) is 3. The highest BCUT2D eigenvalue weighted by Gasteiger charge is 2.17. The van der Waals surface area contributed by atoms with Crippen LogP contribution < -0.4 is 0 Å². The normalized spacial score (nSPS) is 12.8. The minimum atomic E-state index is -0.615. The van der Waals surface area contributed by atoms with Crippen molar-refractivity contribution in [2.24, 2.45) is 0 Å². The van der Waals surface area contributed by atoms with E-state index in [1.165, 1.54) is 11.5 Å². The van der Waals surface area contributed by atoms with Crippen LogP contribution >= 0.6 is 23.1 Å². The molecule has 1 heterocycles. The van der Waals surface area contributed by atoms with E-state index in [0.29, 0.717) is 5.02 Å². The van der Waals surface area contributed by atoms with Crippen LogP contribution in [-0.2, 0) is 0 Å². The number of aromatic nitrogens is 1. The van der Waals surface area contributed by atoms with Crippen molar-refractivity contribution in [3.63, 3.8) is 0 Å². The topological polar surface area (TPSA) is 33.1 Å². The lowest BCUT2D eigenvalue weighted by Crippen LogP contribution is -2.01. The zero-order valence-electron chi connectivity index (χ0n) is 9.07. The van der Waals surface area contributed by atoms with E-state index in [0.717, 1.165) is 21.7 Å². The van der Waals surface area contributed by atoms with E-state index in [9.17, 15) is 5.11 Å². The maximum absolute atomic E-state index is 10.3. The Bertz CT molecular complexity index is 473. The molecule has 16 heavy (non-hydrogen) atoms. The zero-order valence-corrected chi connectivity index (χ0v) is 10.6. The number of rotatable bonds is 2. The van der Waals surface area contributed by atoms with Crippen molar-refractivity contribution < 1.29 is 5.11 Å². The Morgan fingerprint density at radius 2 is 1.88 bits per heavy atom. The lowest BCUT2D eigenvalue weighted by Gasteiger charge is -2.11. The minimum absolute atomic E-state index is 0.615. The van der Waals surface area contributed by atoms with E-state index < -0.39 is 6.10 Å². The molecule has 0 fully saturated rings. The first-order valence-electron chi connectivity index (χ1n) is 4.96. The molecule has 1 aromatic carbocycles. The fourth-order valence-corrected chi connectivity index (χ4v) is 2.55. The lowest BCUT2D eigenvalue weighted by molar-refractivity contribution is 0.219. The molecule has 2 aromatic rings. The molecule has 1 atom stereocenters. The predicted molar refractivity (Wildman–Crippen MR) is 67.1 cm³/mol. The van der Waals surface area contributed by atoms with Crippen molar-refractivity contribution in [3.05, 3.63) is 51.0 Å². The van der Waals surface area contributed by atoms with Crippen LogP contribution in [0, 0.1) is 13.8 Å². The summed E-state index contributed by atoms with van der Waals surface area (Å²) in [5.74, 6) is 0. The first-order chi connectivity index (χ1) is 7.59. The summed E-state index contributed by atoms with van der Waals surface area (Å²) >= 11 is 7.23. The Hall–Kier alpha value is -0.900. The number of nitrogens with zero attached hydrogens (tertiary/aromatic N) is 1. The molecule has 4 heteroatoms. The van der Waals surface area contributed by atoms with Crippen molar-refractivity contribution in [1.82, 2.24) is 4.37 Å². The molecule has 1 unspecified atom stereocenters. The Kier molecular flexibility index (Phi) is 3.28. The second-order valence-electron chi connectivity index (χ2n) is 3.69. The smallest absolute Gasteiger partial charge is 0.107 e. The van der Waals surface area contributed by atoms with Gasteiger partial charge in [0.1, 0.15) is 6.10 Å². The van der Waals surface area contributed by atoms with E-state index >= 15 is 0 Å². The van der Waals surface area contributed by atoms with Gasteiger partial charge in [0.2, 0.25) is 0 Å². The third-order valence-electron chi connectivity index (χ3n) is 2.55. The van der Waals surface area contributed by atoms with Crippen molar-refractivity contribution >= 4 is 23.1 Å². The number of aliphatic hydroxyl groups excluding tert-OH is 1. The quantitative estimate of drug-likeness (QED) is 0.889. The Morgan fingerprint density at radius 3 is 2.38 bits per heavy atom. The second-order valence-corrected chi connectivity index (χ2v) is 5.11. The van der Waals surface area contributed by atoms with Crippen molar-refractivity contribution in [1.29, 1.82) is 0 Å². The van der Waals surface area contributed by atoms with Gasteiger partial charge in [-0.1, -0.05) is 23.7 Å². The molecule has 1 aromatic heterocycles. The van der Waals surface area contributed by atoms with Crippen LogP contribution in [0.2, 0.25) is 5.02 Å². The van der Waals surface area contributed by atoms with Crippen LogP contribution in [0.4, 0.5) is 0 Å². The molecule has 0 radical (unpaired) electrons. The Labute approximate surface area is 104 Å². The molecular formula is C12H12ClNOS. The van der Waals surface area contributed by atoms with Crippen LogP contribution in [-0.4, -0.2) is 9.48 Å². The maximum atomic E-state index is 10.3. The van der Waals surface area contributed by atoms with Crippen LogP contribution in [0.25, 0.3) is 0 Å². The number of halogens is 1. The SMILES string of the molecule is Cc1nsc(C)c1C(O)c1ccc(Cl)cc1. The van der Waals surface area contributed by atoms with Gasteiger partial charge >= 0.3 is 0 Å². The molecule has 2 nitrogen and oxygen atoms in total. The summed E-state index contributed by atoms with van der Waals surface area (Å²) in [5, 5.41) is 10.9. The molecule has 0 saturated carbocycles. The number of aryl methyl sites for hydroxylation is 2. The van der Waals surface area contributed by atoms with Gasteiger partial charge in [0.25, 0.3) is 0 Å². The average molecular weight is 254 g/mol. The second kappa shape index (κ2) is 4.53. The summed E-state index contributed by atoms with van der Waals surface area (Å²) in [4.78, 5) is 1.06. The molecule has 0 spiro atoms. The molecule has 0 aliphatic carbocycles. The van der Waals surface area contributed by atoms with E-state index in [1.807, 2.05) is 26.0 Å². The van der Waals surface area contributed by atoms with Gasteiger partial charge in [-0.15, -0.1) is 0 Å². The summed E-state index contributed by atoms with van der Waals surface area (Å²) in [7, 11) is 0. The summed E-state index contributed by atoms with van der Waals surface area (Å²) in [6.07, 6.45) is -0.615. The first kappa shape index (κ1) is 11.6. The number of aliphatic hydroxyl groups is 1. The van der Waals surface area contributed by atoms with E-state index in [-0.39, 0.29) is 0 Å². The van der Waals surface area contributed by atoms with Gasteiger partial charge < -0.3 is 5.11 Å². The molecular weight excluding hydrogens is 242 g/mol. The van der Waals surface area contributed by atoms with Gasteiger partial charge in [-0.25, -0.2) is 0 Å². The standard InChI is InChI=1S/C12H12ClNOS/c1-7-11(8(2)16-14-7)12(15)9-3-5-10(13)6-4-9/h3-6,12,15H,1-2H3. The molecule has 0 bridgehead atoms. The van der Waals surface area contributed by atoms with Gasteiger partial charge in [0.15, 0.2) is 0 Å². The highest BCUT2D eigenvalue weighted by atomic mass is 35.5. The summed E-state index contributed by atoms with van der Waals surface area (Å²) in [5.41, 5.74) is 2.65. The molecule has 0 saturated heterocycles. The highest BCUT2D eigenvalue weighted by molar-refractivity contribution is 7.05. The van der Waals surface area contributed by atoms with Crippen molar-refractivity contribution in [2.75, 3.05) is 0 Å². The highest BCUT2D eigenvalue weighted by Crippen LogP contribution is 2.29. The van der Waals surface area contributed by atoms with Crippen molar-refractivity contribution in [2.45, 2.75) is 20.0 Å². The van der Waals surface area contributed by atoms with Crippen LogP contribution in [0.3, 0.4) is 0 Å². The molecule has 1 N–H and O–H groups in total. The Balaban J connectivity index is 2.39. The van der Waals surface area contributed by atoms with E-state index in [4.69, 9.17) is 11.6 Å². The van der Waals surface area contributed by atoms with Crippen LogP contribution in [0.1, 0.15) is 27.8 Å². The van der Waals surface area contributed by atoms with E-state index in [2.05, 4.69) is 4.37 Å². The minimum Gasteiger partial charge on any atom is -0.384 e. The summed E-state index contributed by atoms with van der Waals surface area (Å²) in [6.45, 7) is 3.89. The third kappa shape index (κ3) is 2.12. The number of benzene rings is 1. The molecule has 2 rings (SSSR count). The summed E-state index contributed by atoms with van der Waals surface area (Å²) in [6, 6.07) is 7.24. The van der Waals surface area contributed by atoms with Gasteiger partial charge in [-0.2, -0.15) is 4.37 Å². The monoisotopic (exact) mass is 253 g/mol. The van der Waals surface area contributed by atoms with Gasteiger partial charge in [-0.3, -0.25) is 0 Å². The third-order valence-corrected chi connectivity index (χ3v) is 3.66. The fraction of sp³-hybridized carbons (Fsp3) is 0.250. The molecule has 0 amide bonds. The summed E-state index contributed by atoms with van der Waals surface area (Å²) < 4.78 is 4.24. The predicted octanol–water partition coefficient (Wildman–Crippen LogP) is 3.50. The first-order valence-corrected chi connectivity index (χ1v) is 6.11. The van der Waals surface area contributed by atoms with Crippen LogP contribution in [0.5, 0.6) is 0 Å². The number of hydrogen-bond donors (Lipinski definition) is 1. The molecule has 0 aliphatic heterocycles. The van der Waals surface area contributed by atoms with E-state index in [1.54, 1.807) is 12.1 Å². The van der Waals surface area contributed by atoms with Gasteiger partial charge in [0.05, 0.1) is 5.69 Å². The Morgan fingerprint density at radius 1 is 1.25 bits per heavy atom. The molecule has 0 aliphatic rings. The average Bonchev–Trinajstić information content (AvgIpc) is 2.59. The maximum Gasteiger partial charge on any atom is 0.107 e. The van der Waals surface area contributed by atoms with Crippen molar-refractivity contribution in [3.8, 4) is 0 Å².